The summed E-state index contributed by atoms with van der Waals surface area (Å²) in [6, 6.07) is 10.1. The first-order valence-electron chi connectivity index (χ1n) is 15.6. The fraction of sp³-hybridized carbons (Fsp3) is 0.412. The van der Waals surface area contributed by atoms with Crippen LogP contribution in [0, 0.1) is 0 Å². The van der Waals surface area contributed by atoms with E-state index in [2.05, 4.69) is 19.9 Å². The molecule has 47 heavy (non-hydrogen) atoms. The molecule has 1 fully saturated rings. The van der Waals surface area contributed by atoms with Crippen molar-refractivity contribution in [1.29, 1.82) is 0 Å². The second-order valence-corrected chi connectivity index (χ2v) is 12.7. The van der Waals surface area contributed by atoms with Crippen molar-refractivity contribution in [3.05, 3.63) is 82.4 Å². The third-order valence-corrected chi connectivity index (χ3v) is 8.90. The molecule has 0 radical (unpaired) electrons. The number of aromatic nitrogens is 3. The number of H-pyrrole nitrogens is 1. The Morgan fingerprint density at radius 2 is 1.81 bits per heavy atom. The number of alkyl halides is 3. The molecular formula is C34H38F3N7O3. The van der Waals surface area contributed by atoms with Crippen LogP contribution in [0.1, 0.15) is 45.4 Å². The van der Waals surface area contributed by atoms with E-state index in [1.807, 2.05) is 37.1 Å². The summed E-state index contributed by atoms with van der Waals surface area (Å²) in [6.45, 7) is 5.29. The first-order valence-corrected chi connectivity index (χ1v) is 15.6. The quantitative estimate of drug-likeness (QED) is 0.309. The summed E-state index contributed by atoms with van der Waals surface area (Å²) in [5.41, 5.74) is 2.32. The van der Waals surface area contributed by atoms with Gasteiger partial charge in [0.1, 0.15) is 22.8 Å². The van der Waals surface area contributed by atoms with Crippen LogP contribution >= 0.6 is 0 Å². The molecule has 5 heterocycles. The van der Waals surface area contributed by atoms with Crippen LogP contribution in [-0.4, -0.2) is 99.7 Å². The van der Waals surface area contributed by atoms with Gasteiger partial charge in [-0.25, -0.2) is 4.98 Å². The Bertz CT molecular complexity index is 1800. The van der Waals surface area contributed by atoms with Crippen LogP contribution in [0.5, 0.6) is 11.5 Å². The molecule has 1 aromatic carbocycles. The van der Waals surface area contributed by atoms with Crippen LogP contribution in [-0.2, 0) is 36.9 Å². The average Bonchev–Trinajstić information content (AvgIpc) is 3.47. The number of hydrogen-bond acceptors (Lipinski definition) is 7. The SMILES string of the molecule is C[C@@H]1Cc2ccc(Oc3ccnc4[nH]c(C(=O)N(C)C)cc34)cc2CN1C(=O)Cc1cnc(CN2CCN(C)CC2)c(C(F)(F)F)c1. The van der Waals surface area contributed by atoms with Gasteiger partial charge in [-0.05, 0) is 67.4 Å². The minimum Gasteiger partial charge on any atom is -0.457 e. The van der Waals surface area contributed by atoms with Gasteiger partial charge < -0.3 is 24.4 Å². The molecule has 1 saturated heterocycles. The Morgan fingerprint density at radius 1 is 1.04 bits per heavy atom. The molecule has 0 saturated carbocycles. The van der Waals surface area contributed by atoms with Crippen molar-refractivity contribution < 1.29 is 27.5 Å². The number of ether oxygens (including phenoxy) is 1. The zero-order valence-electron chi connectivity index (χ0n) is 26.9. The number of amides is 2. The van der Waals surface area contributed by atoms with Crippen molar-refractivity contribution in [2.24, 2.45) is 0 Å². The molecule has 10 nitrogen and oxygen atoms in total. The number of halogens is 3. The van der Waals surface area contributed by atoms with Crippen molar-refractivity contribution in [2.45, 2.75) is 45.1 Å². The van der Waals surface area contributed by atoms with Gasteiger partial charge >= 0.3 is 6.18 Å². The molecule has 3 aromatic heterocycles. The van der Waals surface area contributed by atoms with Crippen molar-refractivity contribution >= 4 is 22.8 Å². The Labute approximate surface area is 271 Å². The lowest BCUT2D eigenvalue weighted by molar-refractivity contribution is -0.139. The first kappa shape index (κ1) is 32.5. The predicted molar refractivity (Wildman–Crippen MR) is 170 cm³/mol. The van der Waals surface area contributed by atoms with E-state index in [4.69, 9.17) is 4.74 Å². The fourth-order valence-electron chi connectivity index (χ4n) is 6.19. The Balaban J connectivity index is 1.17. The highest BCUT2D eigenvalue weighted by Crippen LogP contribution is 2.35. The second kappa shape index (κ2) is 13.0. The minimum atomic E-state index is -4.58. The zero-order valence-corrected chi connectivity index (χ0v) is 26.9. The van der Waals surface area contributed by atoms with Crippen LogP contribution < -0.4 is 4.74 Å². The normalized spacial score (nSPS) is 17.5. The van der Waals surface area contributed by atoms with Crippen LogP contribution in [0.3, 0.4) is 0 Å². The number of nitrogens with zero attached hydrogens (tertiary/aromatic N) is 6. The topological polar surface area (TPSA) is 97.9 Å². The number of nitrogens with one attached hydrogen (secondary N) is 1. The summed E-state index contributed by atoms with van der Waals surface area (Å²) in [5, 5.41) is 0.655. The number of benzene rings is 1. The highest BCUT2D eigenvalue weighted by atomic mass is 19.4. The fourth-order valence-corrected chi connectivity index (χ4v) is 6.19. The van der Waals surface area contributed by atoms with Crippen molar-refractivity contribution in [3.63, 3.8) is 0 Å². The summed E-state index contributed by atoms with van der Waals surface area (Å²) < 4.78 is 48.6. The highest BCUT2D eigenvalue weighted by Gasteiger charge is 2.36. The van der Waals surface area contributed by atoms with Gasteiger partial charge in [-0.1, -0.05) is 6.07 Å². The summed E-state index contributed by atoms with van der Waals surface area (Å²) >= 11 is 0. The summed E-state index contributed by atoms with van der Waals surface area (Å²) in [5.74, 6) is 0.617. The number of hydrogen-bond donors (Lipinski definition) is 1. The monoisotopic (exact) mass is 649 g/mol. The van der Waals surface area contributed by atoms with Gasteiger partial charge in [0.25, 0.3) is 5.91 Å². The molecule has 248 valence electrons. The third-order valence-electron chi connectivity index (χ3n) is 8.90. The number of carbonyl (C=O) groups is 2. The molecule has 1 atom stereocenters. The second-order valence-electron chi connectivity index (χ2n) is 12.7. The minimum absolute atomic E-state index is 0.0160. The van der Waals surface area contributed by atoms with E-state index >= 15 is 0 Å². The van der Waals surface area contributed by atoms with Crippen LogP contribution in [0.25, 0.3) is 11.0 Å². The molecule has 2 aliphatic rings. The van der Waals surface area contributed by atoms with E-state index in [-0.39, 0.29) is 42.1 Å². The molecule has 2 aliphatic heterocycles. The lowest BCUT2D eigenvalue weighted by atomic mass is 9.94. The van der Waals surface area contributed by atoms with E-state index in [1.54, 1.807) is 37.3 Å². The maximum Gasteiger partial charge on any atom is 0.418 e. The summed E-state index contributed by atoms with van der Waals surface area (Å²) in [4.78, 5) is 44.9. The number of piperazine rings is 1. The van der Waals surface area contributed by atoms with Crippen LogP contribution in [0.2, 0.25) is 0 Å². The molecule has 2 amide bonds. The van der Waals surface area contributed by atoms with Crippen molar-refractivity contribution in [3.8, 4) is 11.5 Å². The zero-order chi connectivity index (χ0) is 33.5. The number of fused-ring (bicyclic) bond motifs is 2. The van der Waals surface area contributed by atoms with E-state index in [0.717, 1.165) is 30.3 Å². The number of rotatable bonds is 7. The largest absolute Gasteiger partial charge is 0.457 e. The Kier molecular flexibility index (Phi) is 8.95. The number of carbonyl (C=O) groups excluding carboxylic acids is 2. The van der Waals surface area contributed by atoms with E-state index in [9.17, 15) is 22.8 Å². The number of likely N-dealkylation sites (N-methyl/N-ethyl adjacent to an activating group) is 1. The average molecular weight is 650 g/mol. The lowest BCUT2D eigenvalue weighted by Gasteiger charge is -2.35. The smallest absolute Gasteiger partial charge is 0.418 e. The van der Waals surface area contributed by atoms with Crippen LogP contribution in [0.4, 0.5) is 13.2 Å². The van der Waals surface area contributed by atoms with Crippen LogP contribution in [0.15, 0.2) is 48.8 Å². The molecule has 13 heteroatoms. The van der Waals surface area contributed by atoms with E-state index in [0.29, 0.717) is 54.3 Å². The van der Waals surface area contributed by atoms with Gasteiger partial charge in [-0.3, -0.25) is 19.5 Å². The maximum atomic E-state index is 14.1. The molecule has 1 N–H and O–H groups in total. The van der Waals surface area contributed by atoms with Crippen molar-refractivity contribution in [2.75, 3.05) is 47.3 Å². The maximum absolute atomic E-state index is 14.1. The van der Waals surface area contributed by atoms with E-state index < -0.39 is 11.7 Å². The standard InChI is InChI=1S/C34H38F3N7O3/c1-21-13-23-5-6-25(47-30-7-8-38-32-26(30)17-28(40-32)33(46)41(2)3)16-24(23)19-44(21)31(45)15-22-14-27(34(35,36)37)29(39-18-22)20-43-11-9-42(4)10-12-43/h5-8,14,16-18,21H,9-13,15,19-20H2,1-4H3,(H,38,40)/t21-/m1/s1. The van der Waals surface area contributed by atoms with Gasteiger partial charge in [-0.2, -0.15) is 13.2 Å². The summed E-state index contributed by atoms with van der Waals surface area (Å²) in [6.07, 6.45) is -1.16. The molecule has 0 aliphatic carbocycles. The first-order chi connectivity index (χ1) is 22.4. The Morgan fingerprint density at radius 3 is 2.53 bits per heavy atom. The van der Waals surface area contributed by atoms with Gasteiger partial charge in [0.15, 0.2) is 0 Å². The van der Waals surface area contributed by atoms with Gasteiger partial charge in [-0.15, -0.1) is 0 Å². The Hall–Kier alpha value is -4.49. The third kappa shape index (κ3) is 7.10. The van der Waals surface area contributed by atoms with Gasteiger partial charge in [0, 0.05) is 71.8 Å². The summed E-state index contributed by atoms with van der Waals surface area (Å²) in [7, 11) is 5.33. The molecule has 0 bridgehead atoms. The molecule has 0 unspecified atom stereocenters. The molecule has 4 aromatic rings. The highest BCUT2D eigenvalue weighted by molar-refractivity contribution is 5.98. The van der Waals surface area contributed by atoms with Gasteiger partial charge in [0.2, 0.25) is 5.91 Å². The van der Waals surface area contributed by atoms with E-state index in [1.165, 1.54) is 11.1 Å². The number of aromatic amines is 1. The number of pyridine rings is 2. The molecular weight excluding hydrogens is 611 g/mol. The van der Waals surface area contributed by atoms with Gasteiger partial charge in [0.05, 0.1) is 23.1 Å². The molecule has 0 spiro atoms. The predicted octanol–water partition coefficient (Wildman–Crippen LogP) is 4.73. The molecule has 6 rings (SSSR count). The van der Waals surface area contributed by atoms with Crippen molar-refractivity contribution in [1.82, 2.24) is 34.6 Å². The lowest BCUT2D eigenvalue weighted by Crippen LogP contribution is -2.44.